The maximum atomic E-state index is 11.8. The molecule has 0 aliphatic carbocycles. The van der Waals surface area contributed by atoms with Crippen molar-refractivity contribution in [1.82, 2.24) is 10.6 Å². The summed E-state index contributed by atoms with van der Waals surface area (Å²) in [7, 11) is 0. The third kappa shape index (κ3) is 11.8. The van der Waals surface area contributed by atoms with E-state index in [1.54, 1.807) is 0 Å². The molecule has 2 nitrogen and oxygen atoms in total. The molecule has 1 atom stereocenters. The Labute approximate surface area is 96.0 Å². The van der Waals surface area contributed by atoms with Crippen LogP contribution >= 0.6 is 0 Å². The van der Waals surface area contributed by atoms with Crippen molar-refractivity contribution >= 4 is 0 Å². The van der Waals surface area contributed by atoms with Gasteiger partial charge in [-0.3, -0.25) is 0 Å². The Morgan fingerprint density at radius 3 is 2.38 bits per heavy atom. The largest absolute Gasteiger partial charge is 0.401 e. The van der Waals surface area contributed by atoms with Crippen LogP contribution in [0.15, 0.2) is 0 Å². The van der Waals surface area contributed by atoms with E-state index >= 15 is 0 Å². The van der Waals surface area contributed by atoms with Gasteiger partial charge in [0.2, 0.25) is 0 Å². The lowest BCUT2D eigenvalue weighted by atomic mass is 10.1. The molecule has 0 spiro atoms. The molecule has 98 valence electrons. The maximum absolute atomic E-state index is 11.8. The van der Waals surface area contributed by atoms with Crippen LogP contribution < -0.4 is 10.6 Å². The fourth-order valence-corrected chi connectivity index (χ4v) is 1.44. The highest BCUT2D eigenvalue weighted by molar-refractivity contribution is 4.63. The smallest absolute Gasteiger partial charge is 0.313 e. The fourth-order valence-electron chi connectivity index (χ4n) is 1.44. The van der Waals surface area contributed by atoms with Gasteiger partial charge in [-0.1, -0.05) is 26.2 Å². The monoisotopic (exact) mass is 240 g/mol. The quantitative estimate of drug-likeness (QED) is 0.605. The van der Waals surface area contributed by atoms with Crippen LogP contribution in [0.1, 0.15) is 39.5 Å². The summed E-state index contributed by atoms with van der Waals surface area (Å²) in [4.78, 5) is 0. The second kappa shape index (κ2) is 8.82. The topological polar surface area (TPSA) is 24.1 Å². The van der Waals surface area contributed by atoms with Gasteiger partial charge in [0.25, 0.3) is 0 Å². The summed E-state index contributed by atoms with van der Waals surface area (Å²) in [5, 5.41) is 5.56. The zero-order chi connectivity index (χ0) is 12.4. The summed E-state index contributed by atoms with van der Waals surface area (Å²) in [5.41, 5.74) is 0. The first-order valence-corrected chi connectivity index (χ1v) is 5.96. The first kappa shape index (κ1) is 15.7. The van der Waals surface area contributed by atoms with Crippen molar-refractivity contribution < 1.29 is 13.2 Å². The Balaban J connectivity index is 3.24. The number of nitrogens with one attached hydrogen (secondary N) is 2. The van der Waals surface area contributed by atoms with Crippen LogP contribution in [0.4, 0.5) is 13.2 Å². The van der Waals surface area contributed by atoms with Crippen molar-refractivity contribution in [3.05, 3.63) is 0 Å². The molecule has 0 aromatic rings. The predicted molar refractivity (Wildman–Crippen MR) is 60.5 cm³/mol. The van der Waals surface area contributed by atoms with Crippen molar-refractivity contribution in [2.24, 2.45) is 0 Å². The van der Waals surface area contributed by atoms with Crippen molar-refractivity contribution in [2.75, 3.05) is 19.6 Å². The minimum atomic E-state index is -4.10. The Hall–Kier alpha value is -0.290. The van der Waals surface area contributed by atoms with Gasteiger partial charge in [-0.2, -0.15) is 13.2 Å². The number of halogens is 3. The maximum Gasteiger partial charge on any atom is 0.401 e. The van der Waals surface area contributed by atoms with E-state index in [4.69, 9.17) is 0 Å². The van der Waals surface area contributed by atoms with Crippen molar-refractivity contribution in [1.29, 1.82) is 0 Å². The van der Waals surface area contributed by atoms with Gasteiger partial charge >= 0.3 is 6.18 Å². The zero-order valence-electron chi connectivity index (χ0n) is 10.2. The van der Waals surface area contributed by atoms with Crippen LogP contribution in [0.2, 0.25) is 0 Å². The third-order valence-electron chi connectivity index (χ3n) is 2.36. The molecule has 5 heteroatoms. The molecule has 0 aliphatic heterocycles. The first-order chi connectivity index (χ1) is 7.45. The molecule has 0 amide bonds. The molecule has 2 N–H and O–H groups in total. The molecule has 16 heavy (non-hydrogen) atoms. The van der Waals surface area contributed by atoms with Gasteiger partial charge in [-0.25, -0.2) is 0 Å². The minimum Gasteiger partial charge on any atom is -0.313 e. The van der Waals surface area contributed by atoms with Crippen molar-refractivity contribution in [3.8, 4) is 0 Å². The molecule has 0 aromatic heterocycles. The summed E-state index contributed by atoms with van der Waals surface area (Å²) < 4.78 is 35.3. The number of hydrogen-bond acceptors (Lipinski definition) is 2. The van der Waals surface area contributed by atoms with Gasteiger partial charge in [0.05, 0.1) is 6.54 Å². The van der Waals surface area contributed by atoms with Crippen LogP contribution in [-0.2, 0) is 0 Å². The standard InChI is InChI=1S/C11H23F3N2/c1-3-4-5-6-10(2)16-8-7-15-9-11(12,13)14/h10,15-16H,3-9H2,1-2H3. The summed E-state index contributed by atoms with van der Waals surface area (Å²) in [6.07, 6.45) is 0.582. The predicted octanol–water partition coefficient (Wildman–Crippen LogP) is 2.70. The summed E-state index contributed by atoms with van der Waals surface area (Å²) >= 11 is 0. The van der Waals surface area contributed by atoms with Gasteiger partial charge < -0.3 is 10.6 Å². The molecular formula is C11H23F3N2. The van der Waals surface area contributed by atoms with Crippen LogP contribution in [0.5, 0.6) is 0 Å². The van der Waals surface area contributed by atoms with Crippen LogP contribution in [0.3, 0.4) is 0 Å². The normalized spacial score (nSPS) is 14.1. The molecule has 0 heterocycles. The average molecular weight is 240 g/mol. The molecular weight excluding hydrogens is 217 g/mol. The fraction of sp³-hybridized carbons (Fsp3) is 1.00. The molecule has 0 saturated heterocycles. The Morgan fingerprint density at radius 2 is 1.81 bits per heavy atom. The van der Waals surface area contributed by atoms with Gasteiger partial charge in [-0.15, -0.1) is 0 Å². The molecule has 0 radical (unpaired) electrons. The number of rotatable bonds is 9. The van der Waals surface area contributed by atoms with E-state index in [-0.39, 0.29) is 0 Å². The Kier molecular flexibility index (Phi) is 8.66. The van der Waals surface area contributed by atoms with E-state index in [1.165, 1.54) is 19.3 Å². The lowest BCUT2D eigenvalue weighted by Crippen LogP contribution is -2.37. The third-order valence-corrected chi connectivity index (χ3v) is 2.36. The molecule has 0 bridgehead atoms. The Morgan fingerprint density at radius 1 is 1.12 bits per heavy atom. The molecule has 0 aliphatic rings. The van der Waals surface area contributed by atoms with E-state index in [0.29, 0.717) is 19.1 Å². The van der Waals surface area contributed by atoms with Gasteiger partial charge in [-0.05, 0) is 13.3 Å². The number of unbranched alkanes of at least 4 members (excludes halogenated alkanes) is 2. The zero-order valence-corrected chi connectivity index (χ0v) is 10.2. The second-order valence-electron chi connectivity index (χ2n) is 4.14. The van der Waals surface area contributed by atoms with Gasteiger partial charge in [0.15, 0.2) is 0 Å². The highest BCUT2D eigenvalue weighted by atomic mass is 19.4. The lowest BCUT2D eigenvalue weighted by molar-refractivity contribution is -0.124. The van der Waals surface area contributed by atoms with E-state index in [0.717, 1.165) is 6.42 Å². The first-order valence-electron chi connectivity index (χ1n) is 5.96. The molecule has 0 saturated carbocycles. The number of alkyl halides is 3. The highest BCUT2D eigenvalue weighted by Gasteiger charge is 2.25. The lowest BCUT2D eigenvalue weighted by Gasteiger charge is -2.14. The van der Waals surface area contributed by atoms with Gasteiger partial charge in [0, 0.05) is 19.1 Å². The molecule has 0 fully saturated rings. The van der Waals surface area contributed by atoms with E-state index in [1.807, 2.05) is 0 Å². The minimum absolute atomic E-state index is 0.359. The van der Waals surface area contributed by atoms with E-state index < -0.39 is 12.7 Å². The highest BCUT2D eigenvalue weighted by Crippen LogP contribution is 2.11. The molecule has 0 rings (SSSR count). The summed E-state index contributed by atoms with van der Waals surface area (Å²) in [6.45, 7) is 4.26. The van der Waals surface area contributed by atoms with Crippen LogP contribution in [0, 0.1) is 0 Å². The average Bonchev–Trinajstić information content (AvgIpc) is 2.16. The van der Waals surface area contributed by atoms with Crippen LogP contribution in [0.25, 0.3) is 0 Å². The molecule has 1 unspecified atom stereocenters. The van der Waals surface area contributed by atoms with Crippen LogP contribution in [-0.4, -0.2) is 31.9 Å². The van der Waals surface area contributed by atoms with Gasteiger partial charge in [0.1, 0.15) is 0 Å². The van der Waals surface area contributed by atoms with E-state index in [9.17, 15) is 13.2 Å². The molecule has 0 aromatic carbocycles. The summed E-state index contributed by atoms with van der Waals surface area (Å²) in [6, 6.07) is 0.388. The van der Waals surface area contributed by atoms with E-state index in [2.05, 4.69) is 24.5 Å². The Bertz CT molecular complexity index is 160. The SMILES string of the molecule is CCCCCC(C)NCCNCC(F)(F)F. The summed E-state index contributed by atoms with van der Waals surface area (Å²) in [5.74, 6) is 0. The second-order valence-corrected chi connectivity index (χ2v) is 4.14. The van der Waals surface area contributed by atoms with Crippen molar-refractivity contribution in [2.45, 2.75) is 51.7 Å². The number of hydrogen-bond donors (Lipinski definition) is 2. The van der Waals surface area contributed by atoms with Crippen molar-refractivity contribution in [3.63, 3.8) is 0 Å².